The number of benzene rings is 1. The quantitative estimate of drug-likeness (QED) is 0.799. The number of carbonyl (C=O) groups excluding carboxylic acids is 1. The number of carbonyl (C=O) groups is 1. The minimum atomic E-state index is -3.56. The molecular formula is C20H21FN4O4S. The van der Waals surface area contributed by atoms with E-state index in [9.17, 15) is 17.6 Å². The molecule has 8 nitrogen and oxygen atoms in total. The maximum Gasteiger partial charge on any atom is 0.322 e. The van der Waals surface area contributed by atoms with Crippen LogP contribution in [0.4, 0.5) is 14.9 Å². The zero-order valence-electron chi connectivity index (χ0n) is 16.1. The number of morpholine rings is 1. The second-order valence-corrected chi connectivity index (χ2v) is 10.1. The summed E-state index contributed by atoms with van der Waals surface area (Å²) in [5.41, 5.74) is 0.339. The summed E-state index contributed by atoms with van der Waals surface area (Å²) in [4.78, 5) is 18.4. The van der Waals surface area contributed by atoms with E-state index in [1.807, 2.05) is 6.07 Å². The Morgan fingerprint density at radius 3 is 2.80 bits per heavy atom. The van der Waals surface area contributed by atoms with Crippen LogP contribution >= 0.6 is 0 Å². The van der Waals surface area contributed by atoms with E-state index in [2.05, 4.69) is 10.3 Å². The van der Waals surface area contributed by atoms with Crippen LogP contribution in [-0.4, -0.2) is 65.2 Å². The lowest BCUT2D eigenvalue weighted by molar-refractivity contribution is -0.0946. The van der Waals surface area contributed by atoms with Crippen molar-refractivity contribution < 1.29 is 22.3 Å². The molecular weight excluding hydrogens is 411 g/mol. The first-order valence-electron chi connectivity index (χ1n) is 9.73. The van der Waals surface area contributed by atoms with Crippen molar-refractivity contribution in [1.82, 2.24) is 14.2 Å². The van der Waals surface area contributed by atoms with Gasteiger partial charge in [-0.25, -0.2) is 17.6 Å². The van der Waals surface area contributed by atoms with Gasteiger partial charge in [-0.3, -0.25) is 4.98 Å². The van der Waals surface area contributed by atoms with Crippen LogP contribution < -0.4 is 5.32 Å². The van der Waals surface area contributed by atoms with Crippen molar-refractivity contribution >= 4 is 21.7 Å². The Balaban J connectivity index is 1.35. The number of pyridine rings is 1. The summed E-state index contributed by atoms with van der Waals surface area (Å²) in [5.74, 6) is -0.385. The van der Waals surface area contributed by atoms with Crippen LogP contribution in [0.5, 0.6) is 0 Å². The molecule has 0 unspecified atom stereocenters. The monoisotopic (exact) mass is 432 g/mol. The number of rotatable bonds is 3. The number of nitrogens with one attached hydrogen (secondary N) is 1. The number of likely N-dealkylation sites (tertiary alicyclic amines) is 1. The molecule has 2 aromatic rings. The molecule has 1 aromatic carbocycles. The molecule has 0 aliphatic carbocycles. The fraction of sp³-hybridized carbons (Fsp3) is 0.400. The number of aromatic nitrogens is 1. The minimum absolute atomic E-state index is 0.184. The van der Waals surface area contributed by atoms with Crippen LogP contribution in [0.25, 0.3) is 0 Å². The molecule has 2 amide bonds. The molecule has 2 bridgehead atoms. The van der Waals surface area contributed by atoms with Gasteiger partial charge in [0.1, 0.15) is 16.7 Å². The zero-order chi connectivity index (χ0) is 20.9. The molecule has 1 N–H and O–H groups in total. The van der Waals surface area contributed by atoms with E-state index in [-0.39, 0.29) is 37.6 Å². The fourth-order valence-corrected chi connectivity index (χ4v) is 6.97. The number of anilines is 1. The second kappa shape index (κ2) is 7.00. The Morgan fingerprint density at radius 2 is 2.07 bits per heavy atom. The van der Waals surface area contributed by atoms with Crippen LogP contribution in [0.15, 0.2) is 48.8 Å². The molecule has 3 aliphatic heterocycles. The van der Waals surface area contributed by atoms with Crippen molar-refractivity contribution in [3.05, 3.63) is 60.2 Å². The summed E-state index contributed by atoms with van der Waals surface area (Å²) >= 11 is 0. The van der Waals surface area contributed by atoms with Crippen molar-refractivity contribution in [2.24, 2.45) is 0 Å². The average molecular weight is 432 g/mol. The highest BCUT2D eigenvalue weighted by molar-refractivity contribution is 7.90. The standard InChI is InChI=1S/C20H21FN4O4S/c21-15-3-5-16(6-4-15)23-19(26)24-11-17-8-18-20(12-24,29-17)13-25(30(18,27)28)10-14-2-1-7-22-9-14/h1-7,9,17-18H,8,10-13H2,(H,23,26)/t17-,18+,20+/m0/s1. The van der Waals surface area contributed by atoms with Crippen LogP contribution in [0.2, 0.25) is 0 Å². The van der Waals surface area contributed by atoms with Gasteiger partial charge in [0.15, 0.2) is 0 Å². The Kier molecular flexibility index (Phi) is 4.53. The molecule has 4 heterocycles. The van der Waals surface area contributed by atoms with Gasteiger partial charge in [-0.15, -0.1) is 0 Å². The predicted molar refractivity (Wildman–Crippen MR) is 107 cm³/mol. The largest absolute Gasteiger partial charge is 0.365 e. The molecule has 0 radical (unpaired) electrons. The summed E-state index contributed by atoms with van der Waals surface area (Å²) < 4.78 is 47.1. The van der Waals surface area contributed by atoms with Crippen molar-refractivity contribution in [2.75, 3.05) is 25.0 Å². The lowest BCUT2D eigenvalue weighted by atomic mass is 9.99. The Hall–Kier alpha value is -2.56. The first kappa shape index (κ1) is 19.4. The van der Waals surface area contributed by atoms with Crippen molar-refractivity contribution in [3.8, 4) is 0 Å². The molecule has 5 rings (SSSR count). The van der Waals surface area contributed by atoms with Crippen molar-refractivity contribution in [2.45, 2.75) is 29.9 Å². The van der Waals surface area contributed by atoms with Crippen LogP contribution in [0.3, 0.4) is 0 Å². The number of fused-ring (bicyclic) bond motifs is 1. The molecule has 3 atom stereocenters. The van der Waals surface area contributed by atoms with E-state index in [4.69, 9.17) is 4.74 Å². The molecule has 10 heteroatoms. The van der Waals surface area contributed by atoms with Crippen LogP contribution in [0, 0.1) is 5.82 Å². The molecule has 158 valence electrons. The van der Waals surface area contributed by atoms with Gasteiger partial charge in [-0.05, 0) is 42.3 Å². The van der Waals surface area contributed by atoms with Gasteiger partial charge in [-0.1, -0.05) is 6.07 Å². The van der Waals surface area contributed by atoms with Gasteiger partial charge in [0.05, 0.1) is 12.6 Å². The third kappa shape index (κ3) is 3.24. The fourth-order valence-electron chi connectivity index (χ4n) is 4.68. The first-order chi connectivity index (χ1) is 14.4. The highest BCUT2D eigenvalue weighted by Gasteiger charge is 2.65. The highest BCUT2D eigenvalue weighted by Crippen LogP contribution is 2.47. The number of ether oxygens (including phenoxy) is 1. The molecule has 1 spiro atoms. The molecule has 3 aliphatic rings. The number of urea groups is 1. The van der Waals surface area contributed by atoms with Gasteiger partial charge in [0.25, 0.3) is 0 Å². The van der Waals surface area contributed by atoms with Gasteiger partial charge in [-0.2, -0.15) is 4.31 Å². The summed E-state index contributed by atoms with van der Waals surface area (Å²) in [7, 11) is -3.56. The normalized spacial score (nSPS) is 29.6. The van der Waals surface area contributed by atoms with Crippen LogP contribution in [-0.2, 0) is 21.3 Å². The summed E-state index contributed by atoms with van der Waals surface area (Å²) in [5, 5.41) is 2.08. The minimum Gasteiger partial charge on any atom is -0.365 e. The van der Waals surface area contributed by atoms with Gasteiger partial charge in [0.2, 0.25) is 10.0 Å². The lowest BCUT2D eigenvalue weighted by Gasteiger charge is -2.39. The molecule has 3 saturated heterocycles. The summed E-state index contributed by atoms with van der Waals surface area (Å²) in [6, 6.07) is 8.77. The average Bonchev–Trinajstić information content (AvgIpc) is 3.09. The van der Waals surface area contributed by atoms with Crippen LogP contribution in [0.1, 0.15) is 12.0 Å². The zero-order valence-corrected chi connectivity index (χ0v) is 16.9. The number of hydrogen-bond donors (Lipinski definition) is 1. The number of halogens is 1. The van der Waals surface area contributed by atoms with Gasteiger partial charge in [0, 0.05) is 37.7 Å². The smallest absolute Gasteiger partial charge is 0.322 e. The Bertz CT molecular complexity index is 1070. The molecule has 30 heavy (non-hydrogen) atoms. The number of nitrogens with zero attached hydrogens (tertiary/aromatic N) is 3. The maximum absolute atomic E-state index is 13.2. The van der Waals surface area contributed by atoms with E-state index in [1.165, 1.54) is 28.6 Å². The van der Waals surface area contributed by atoms with Crippen molar-refractivity contribution in [3.63, 3.8) is 0 Å². The lowest BCUT2D eigenvalue weighted by Crippen LogP contribution is -2.57. The number of hydrogen-bond acceptors (Lipinski definition) is 5. The Morgan fingerprint density at radius 1 is 1.27 bits per heavy atom. The first-order valence-corrected chi connectivity index (χ1v) is 11.2. The van der Waals surface area contributed by atoms with E-state index >= 15 is 0 Å². The van der Waals surface area contributed by atoms with E-state index < -0.39 is 20.9 Å². The predicted octanol–water partition coefficient (Wildman–Crippen LogP) is 1.81. The van der Waals surface area contributed by atoms with E-state index in [1.54, 1.807) is 23.4 Å². The Labute approximate surface area is 173 Å². The topological polar surface area (TPSA) is 91.8 Å². The van der Waals surface area contributed by atoms with Gasteiger partial charge >= 0.3 is 6.03 Å². The van der Waals surface area contributed by atoms with Gasteiger partial charge < -0.3 is 15.0 Å². The van der Waals surface area contributed by atoms with E-state index in [0.29, 0.717) is 18.7 Å². The summed E-state index contributed by atoms with van der Waals surface area (Å²) in [6.07, 6.45) is 3.33. The third-order valence-electron chi connectivity index (χ3n) is 5.98. The van der Waals surface area contributed by atoms with Crippen molar-refractivity contribution in [1.29, 1.82) is 0 Å². The number of amides is 2. The third-order valence-corrected chi connectivity index (χ3v) is 8.29. The van der Waals surface area contributed by atoms with E-state index in [0.717, 1.165) is 5.56 Å². The molecule has 3 fully saturated rings. The highest BCUT2D eigenvalue weighted by atomic mass is 32.2. The maximum atomic E-state index is 13.2. The SMILES string of the molecule is O=C(Nc1ccc(F)cc1)N1C[C@@H]2C[C@@H]3[C@@](C1)(CN(Cc1cccnc1)S3(=O)=O)O2. The summed E-state index contributed by atoms with van der Waals surface area (Å²) in [6.45, 7) is 0.934. The molecule has 1 aromatic heterocycles. The number of sulfonamides is 1. The molecule has 0 saturated carbocycles. The second-order valence-electron chi connectivity index (χ2n) is 8.02.